The molecule has 2 N–H and O–H groups in total. The van der Waals surface area contributed by atoms with Crippen LogP contribution in [0.25, 0.3) is 0 Å². The van der Waals surface area contributed by atoms with Gasteiger partial charge in [0.05, 0.1) is 9.90 Å². The molecule has 0 saturated carbocycles. The van der Waals surface area contributed by atoms with Gasteiger partial charge < -0.3 is 10.4 Å². The van der Waals surface area contributed by atoms with E-state index in [1.54, 1.807) is 11.3 Å². The van der Waals surface area contributed by atoms with Crippen molar-refractivity contribution in [2.24, 2.45) is 0 Å². The first-order valence-corrected chi connectivity index (χ1v) is 6.06. The van der Waals surface area contributed by atoms with Gasteiger partial charge in [0.25, 0.3) is 0 Å². The average Bonchev–Trinajstić information content (AvgIpc) is 2.69. The normalized spacial score (nSPS) is 17.1. The van der Waals surface area contributed by atoms with Gasteiger partial charge in [-0.15, -0.1) is 11.3 Å². The monoisotopic (exact) mass is 231 g/mol. The molecule has 1 atom stereocenters. The fourth-order valence-corrected chi connectivity index (χ4v) is 3.67. The standard InChI is InChI=1S/C10H14ClNOS/c1-12-5-7(13)10-9(11)6-3-2-4-8(6)14-10/h7,12-13H,2-5H2,1H3. The second-order valence-corrected chi connectivity index (χ2v) is 5.12. The largest absolute Gasteiger partial charge is 0.386 e. The van der Waals surface area contributed by atoms with E-state index >= 15 is 0 Å². The van der Waals surface area contributed by atoms with E-state index in [9.17, 15) is 5.11 Å². The van der Waals surface area contributed by atoms with E-state index in [1.165, 1.54) is 16.9 Å². The van der Waals surface area contributed by atoms with Gasteiger partial charge in [-0.1, -0.05) is 11.6 Å². The first-order valence-electron chi connectivity index (χ1n) is 4.86. The van der Waals surface area contributed by atoms with Crippen LogP contribution in [0.4, 0.5) is 0 Å². The molecule has 0 amide bonds. The highest BCUT2D eigenvalue weighted by molar-refractivity contribution is 7.13. The van der Waals surface area contributed by atoms with Crippen molar-refractivity contribution >= 4 is 22.9 Å². The minimum absolute atomic E-state index is 0.455. The molecule has 1 aliphatic rings. The van der Waals surface area contributed by atoms with Crippen LogP contribution in [0.1, 0.15) is 27.8 Å². The van der Waals surface area contributed by atoms with Crippen molar-refractivity contribution in [3.05, 3.63) is 20.3 Å². The Morgan fingerprint density at radius 1 is 1.57 bits per heavy atom. The third-order valence-electron chi connectivity index (χ3n) is 2.58. The van der Waals surface area contributed by atoms with Gasteiger partial charge in [-0.3, -0.25) is 0 Å². The van der Waals surface area contributed by atoms with Crippen LogP contribution in [-0.4, -0.2) is 18.7 Å². The molecule has 0 bridgehead atoms. The third-order valence-corrected chi connectivity index (χ3v) is 4.52. The number of aliphatic hydroxyl groups excluding tert-OH is 1. The highest BCUT2D eigenvalue weighted by atomic mass is 35.5. The zero-order valence-corrected chi connectivity index (χ0v) is 9.71. The first-order chi connectivity index (χ1) is 6.74. The summed E-state index contributed by atoms with van der Waals surface area (Å²) in [6, 6.07) is 0. The number of hydrogen-bond donors (Lipinski definition) is 2. The van der Waals surface area contributed by atoms with Crippen LogP contribution in [0.15, 0.2) is 0 Å². The van der Waals surface area contributed by atoms with Crippen molar-refractivity contribution in [2.75, 3.05) is 13.6 Å². The van der Waals surface area contributed by atoms with Crippen molar-refractivity contribution in [2.45, 2.75) is 25.4 Å². The summed E-state index contributed by atoms with van der Waals surface area (Å²) >= 11 is 7.90. The van der Waals surface area contributed by atoms with Gasteiger partial charge in [-0.25, -0.2) is 0 Å². The summed E-state index contributed by atoms with van der Waals surface area (Å²) in [7, 11) is 1.83. The van der Waals surface area contributed by atoms with E-state index in [4.69, 9.17) is 11.6 Å². The van der Waals surface area contributed by atoms with E-state index in [0.717, 1.165) is 22.7 Å². The molecule has 0 aliphatic heterocycles. The number of fused-ring (bicyclic) bond motifs is 1. The molecule has 0 fully saturated rings. The molecule has 1 aliphatic carbocycles. The van der Waals surface area contributed by atoms with Crippen molar-refractivity contribution in [1.29, 1.82) is 0 Å². The summed E-state index contributed by atoms with van der Waals surface area (Å²) in [6.07, 6.45) is 2.97. The Kier molecular flexibility index (Phi) is 3.12. The summed E-state index contributed by atoms with van der Waals surface area (Å²) in [4.78, 5) is 2.31. The molecule has 1 heterocycles. The minimum atomic E-state index is -0.455. The predicted octanol–water partition coefficient (Wildman–Crippen LogP) is 2.14. The van der Waals surface area contributed by atoms with Crippen LogP contribution in [-0.2, 0) is 12.8 Å². The second-order valence-electron chi connectivity index (χ2n) is 3.61. The molecular weight excluding hydrogens is 218 g/mol. The van der Waals surface area contributed by atoms with Crippen molar-refractivity contribution in [3.63, 3.8) is 0 Å². The summed E-state index contributed by atoms with van der Waals surface area (Å²) in [5.41, 5.74) is 1.28. The lowest BCUT2D eigenvalue weighted by atomic mass is 10.2. The average molecular weight is 232 g/mol. The number of aliphatic hydroxyl groups is 1. The highest BCUT2D eigenvalue weighted by Gasteiger charge is 2.23. The number of halogens is 1. The number of rotatable bonds is 3. The van der Waals surface area contributed by atoms with Crippen LogP contribution < -0.4 is 5.32 Å². The number of nitrogens with one attached hydrogen (secondary N) is 1. The van der Waals surface area contributed by atoms with E-state index in [0.29, 0.717) is 6.54 Å². The Balaban J connectivity index is 2.27. The molecule has 78 valence electrons. The highest BCUT2D eigenvalue weighted by Crippen LogP contribution is 2.41. The molecule has 2 nitrogen and oxygen atoms in total. The Hall–Kier alpha value is -0.0900. The Morgan fingerprint density at radius 3 is 3.00 bits per heavy atom. The molecule has 4 heteroatoms. The van der Waals surface area contributed by atoms with Gasteiger partial charge in [-0.05, 0) is 31.9 Å². The number of aryl methyl sites for hydroxylation is 1. The fourth-order valence-electron chi connectivity index (χ4n) is 1.89. The SMILES string of the molecule is CNCC(O)c1sc2c(c1Cl)CCC2. The van der Waals surface area contributed by atoms with Crippen LogP contribution in [0.5, 0.6) is 0 Å². The molecule has 1 aromatic heterocycles. The lowest BCUT2D eigenvalue weighted by molar-refractivity contribution is 0.181. The van der Waals surface area contributed by atoms with Crippen molar-refractivity contribution in [1.82, 2.24) is 5.32 Å². The van der Waals surface area contributed by atoms with Gasteiger partial charge in [0.2, 0.25) is 0 Å². The van der Waals surface area contributed by atoms with Crippen molar-refractivity contribution < 1.29 is 5.11 Å². The maximum absolute atomic E-state index is 9.82. The number of hydrogen-bond acceptors (Lipinski definition) is 3. The lowest BCUT2D eigenvalue weighted by Crippen LogP contribution is -2.16. The molecule has 0 spiro atoms. The molecule has 0 saturated heterocycles. The number of thiophene rings is 1. The van der Waals surface area contributed by atoms with Gasteiger partial charge >= 0.3 is 0 Å². The first kappa shape index (κ1) is 10.4. The van der Waals surface area contributed by atoms with Crippen LogP contribution >= 0.6 is 22.9 Å². The topological polar surface area (TPSA) is 32.3 Å². The quantitative estimate of drug-likeness (QED) is 0.836. The van der Waals surface area contributed by atoms with Crippen molar-refractivity contribution in [3.8, 4) is 0 Å². The maximum Gasteiger partial charge on any atom is 0.102 e. The molecule has 1 aromatic rings. The molecule has 14 heavy (non-hydrogen) atoms. The summed E-state index contributed by atoms with van der Waals surface area (Å²) in [5, 5.41) is 13.6. The molecular formula is C10H14ClNOS. The van der Waals surface area contributed by atoms with E-state index in [-0.39, 0.29) is 0 Å². The van der Waals surface area contributed by atoms with Crippen LogP contribution in [0.3, 0.4) is 0 Å². The van der Waals surface area contributed by atoms with E-state index < -0.39 is 6.10 Å². The van der Waals surface area contributed by atoms with E-state index in [1.807, 2.05) is 7.05 Å². The summed E-state index contributed by atoms with van der Waals surface area (Å²) in [5.74, 6) is 0. The van der Waals surface area contributed by atoms with Gasteiger partial charge in [-0.2, -0.15) is 0 Å². The molecule has 0 radical (unpaired) electrons. The summed E-state index contributed by atoms with van der Waals surface area (Å²) in [6.45, 7) is 0.569. The van der Waals surface area contributed by atoms with Gasteiger partial charge in [0, 0.05) is 11.4 Å². The van der Waals surface area contributed by atoms with Crippen LogP contribution in [0.2, 0.25) is 5.02 Å². The van der Waals surface area contributed by atoms with Gasteiger partial charge in [0.1, 0.15) is 6.10 Å². The van der Waals surface area contributed by atoms with Gasteiger partial charge in [0.15, 0.2) is 0 Å². The smallest absolute Gasteiger partial charge is 0.102 e. The Labute approximate surface area is 92.9 Å². The minimum Gasteiger partial charge on any atom is -0.386 e. The summed E-state index contributed by atoms with van der Waals surface area (Å²) < 4.78 is 0. The van der Waals surface area contributed by atoms with E-state index in [2.05, 4.69) is 5.32 Å². The third kappa shape index (κ3) is 1.70. The Morgan fingerprint density at radius 2 is 2.36 bits per heavy atom. The second kappa shape index (κ2) is 4.19. The number of likely N-dealkylation sites (N-methyl/N-ethyl adjacent to an activating group) is 1. The zero-order chi connectivity index (χ0) is 10.1. The molecule has 1 unspecified atom stereocenters. The lowest BCUT2D eigenvalue weighted by Gasteiger charge is -2.08. The fraction of sp³-hybridized carbons (Fsp3) is 0.600. The van der Waals surface area contributed by atoms with Crippen LogP contribution in [0, 0.1) is 0 Å². The molecule has 0 aromatic carbocycles. The predicted molar refractivity (Wildman–Crippen MR) is 60.2 cm³/mol. The molecule has 2 rings (SSSR count). The Bertz CT molecular complexity index is 337. The zero-order valence-electron chi connectivity index (χ0n) is 8.14. The maximum atomic E-state index is 9.82.